The number of aryl methyl sites for hydroxylation is 1. The number of nitrogens with two attached hydrogens (primary N) is 1. The third kappa shape index (κ3) is 3.57. The molecule has 0 amide bonds. The quantitative estimate of drug-likeness (QED) is 0.379. The number of hydrazone groups is 1. The van der Waals surface area contributed by atoms with Crippen molar-refractivity contribution in [2.24, 2.45) is 39.4 Å². The maximum Gasteiger partial charge on any atom is 0.190 e. The summed E-state index contributed by atoms with van der Waals surface area (Å²) in [5.41, 5.74) is 14.3. The highest BCUT2D eigenvalue weighted by atomic mass is 32.1. The zero-order valence-electron chi connectivity index (χ0n) is 20.9. The van der Waals surface area contributed by atoms with Crippen molar-refractivity contribution in [1.29, 1.82) is 0 Å². The van der Waals surface area contributed by atoms with Gasteiger partial charge in [0.1, 0.15) is 0 Å². The van der Waals surface area contributed by atoms with Crippen LogP contribution in [0.4, 0.5) is 10.8 Å². The van der Waals surface area contributed by atoms with Gasteiger partial charge in [0.15, 0.2) is 10.2 Å². The van der Waals surface area contributed by atoms with Gasteiger partial charge in [0.05, 0.1) is 10.6 Å². The minimum atomic E-state index is 0.163. The van der Waals surface area contributed by atoms with Gasteiger partial charge in [-0.2, -0.15) is 5.10 Å². The number of benzene rings is 1. The Labute approximate surface area is 217 Å². The fourth-order valence-corrected chi connectivity index (χ4v) is 9.18. The highest BCUT2D eigenvalue weighted by Gasteiger charge is 2.58. The van der Waals surface area contributed by atoms with Gasteiger partial charge < -0.3 is 10.6 Å². The molecule has 7 heteroatoms. The average Bonchev–Trinajstić information content (AvgIpc) is 3.43. The van der Waals surface area contributed by atoms with Crippen LogP contribution in [0.25, 0.3) is 5.57 Å². The van der Waals surface area contributed by atoms with Crippen molar-refractivity contribution in [1.82, 2.24) is 10.4 Å². The van der Waals surface area contributed by atoms with Crippen molar-refractivity contribution < 1.29 is 0 Å². The largest absolute Gasteiger partial charge is 0.375 e. The van der Waals surface area contributed by atoms with E-state index >= 15 is 0 Å². The molecular weight excluding hydrogens is 470 g/mol. The first-order chi connectivity index (χ1) is 16.8. The molecule has 5 atom stereocenters. The van der Waals surface area contributed by atoms with Gasteiger partial charge in [-0.15, -0.1) is 0 Å². The summed E-state index contributed by atoms with van der Waals surface area (Å²) in [5.74, 6) is 2.14. The molecule has 0 spiro atoms. The van der Waals surface area contributed by atoms with E-state index in [-0.39, 0.29) is 15.9 Å². The van der Waals surface area contributed by atoms with E-state index in [1.807, 2.05) is 11.3 Å². The number of fused-ring (bicyclic) bond motifs is 7. The third-order valence-electron chi connectivity index (χ3n) is 9.75. The lowest BCUT2D eigenvalue weighted by Gasteiger charge is -2.56. The van der Waals surface area contributed by atoms with Crippen LogP contribution in [0.1, 0.15) is 62.9 Å². The summed E-state index contributed by atoms with van der Waals surface area (Å²) in [4.78, 5) is 8.80. The lowest BCUT2D eigenvalue weighted by molar-refractivity contribution is 0.0116. The molecular formula is C28H35N5S2. The van der Waals surface area contributed by atoms with Crippen LogP contribution in [0.15, 0.2) is 41.5 Å². The van der Waals surface area contributed by atoms with Crippen LogP contribution >= 0.6 is 23.6 Å². The summed E-state index contributed by atoms with van der Waals surface area (Å²) in [6.07, 6.45) is 10.8. The maximum absolute atomic E-state index is 5.67. The molecule has 0 unspecified atom stereocenters. The molecule has 2 saturated carbocycles. The second-order valence-electron chi connectivity index (χ2n) is 11.3. The van der Waals surface area contributed by atoms with Gasteiger partial charge in [-0.3, -0.25) is 5.43 Å². The Bertz CT molecular complexity index is 1220. The Balaban J connectivity index is 1.31. The Morgan fingerprint density at radius 2 is 1.91 bits per heavy atom. The molecule has 6 rings (SSSR count). The molecule has 0 saturated heterocycles. The summed E-state index contributed by atoms with van der Waals surface area (Å²) < 4.78 is 0. The van der Waals surface area contributed by atoms with Crippen molar-refractivity contribution in [3.05, 3.63) is 47.0 Å². The maximum atomic E-state index is 5.67. The number of aromatic nitrogens is 1. The fourth-order valence-electron chi connectivity index (χ4n) is 7.86. The normalized spacial score (nSPS) is 34.3. The fraction of sp³-hybridized carbons (Fsp3) is 0.536. The van der Waals surface area contributed by atoms with E-state index in [2.05, 4.69) is 72.7 Å². The van der Waals surface area contributed by atoms with Crippen LogP contribution in [0.2, 0.25) is 0 Å². The smallest absolute Gasteiger partial charge is 0.190 e. The van der Waals surface area contributed by atoms with Crippen LogP contribution in [0, 0.1) is 28.6 Å². The number of anilines is 2. The first kappa shape index (κ1) is 23.2. The van der Waals surface area contributed by atoms with Crippen molar-refractivity contribution in [2.75, 3.05) is 11.9 Å². The van der Waals surface area contributed by atoms with Crippen molar-refractivity contribution in [2.45, 2.75) is 58.8 Å². The summed E-state index contributed by atoms with van der Waals surface area (Å²) in [6, 6.07) is 10.6. The molecule has 0 aliphatic heterocycles. The van der Waals surface area contributed by atoms with Crippen molar-refractivity contribution in [3.63, 3.8) is 0 Å². The highest BCUT2D eigenvalue weighted by molar-refractivity contribution is 7.80. The molecule has 1 heterocycles. The Kier molecular flexibility index (Phi) is 5.57. The molecule has 3 N–H and O–H groups in total. The molecule has 1 aromatic carbocycles. The molecule has 35 heavy (non-hydrogen) atoms. The third-order valence-corrected chi connectivity index (χ3v) is 11.0. The van der Waals surface area contributed by atoms with Crippen LogP contribution in [-0.2, 0) is 6.42 Å². The predicted octanol–water partition coefficient (Wildman–Crippen LogP) is 6.28. The second kappa shape index (κ2) is 8.41. The highest BCUT2D eigenvalue weighted by Crippen LogP contribution is 2.65. The number of allylic oxidation sites excluding steroid dienone is 2. The number of thiocarbonyl (C=S) groups is 1. The molecule has 1 aromatic heterocycles. The summed E-state index contributed by atoms with van der Waals surface area (Å²) in [7, 11) is 2.14. The van der Waals surface area contributed by atoms with Gasteiger partial charge in [0, 0.05) is 23.9 Å². The topological polar surface area (TPSA) is 66.5 Å². The van der Waals surface area contributed by atoms with Gasteiger partial charge in [-0.1, -0.05) is 49.5 Å². The van der Waals surface area contributed by atoms with Crippen LogP contribution < -0.4 is 16.1 Å². The molecule has 0 bridgehead atoms. The summed E-state index contributed by atoms with van der Waals surface area (Å²) in [6.45, 7) is 5.00. The van der Waals surface area contributed by atoms with E-state index in [0.29, 0.717) is 5.92 Å². The predicted molar refractivity (Wildman–Crippen MR) is 150 cm³/mol. The van der Waals surface area contributed by atoms with E-state index in [1.54, 1.807) is 5.57 Å². The molecule has 5 nitrogen and oxygen atoms in total. The lowest BCUT2D eigenvalue weighted by Crippen LogP contribution is -2.49. The SMILES string of the molecule is CN(c1ccccc1)c1nc2c(s1)C1=CC[C@@H]3[C@H](CC[C@]4(C)/C(=N/NC(N)=S)CC[C@@H]34)[C@@]1(C)CC2. The van der Waals surface area contributed by atoms with Crippen LogP contribution in [0.3, 0.4) is 0 Å². The number of hydrogen-bond donors (Lipinski definition) is 2. The van der Waals surface area contributed by atoms with Gasteiger partial charge in [0.25, 0.3) is 0 Å². The summed E-state index contributed by atoms with van der Waals surface area (Å²) >= 11 is 6.89. The standard InChI is InChI=1S/C28H35N5S2/c1-27-16-14-22-24(35-26(30-22)33(3)17-7-5-4-6-8-17)21(27)10-9-18-19-11-12-23(31-32-25(29)34)28(19,2)15-13-20(18)27/h4-8,10,18-20H,9,11-16H2,1-3H3,(H3,29,32,34)/b31-23+/t18-,19-,20-,27+,28-/m0/s1. The number of rotatable bonds is 3. The van der Waals surface area contributed by atoms with Crippen LogP contribution in [0.5, 0.6) is 0 Å². The lowest BCUT2D eigenvalue weighted by atomic mass is 9.48. The van der Waals surface area contributed by atoms with Crippen molar-refractivity contribution >= 4 is 50.8 Å². The van der Waals surface area contributed by atoms with Gasteiger partial charge in [0.2, 0.25) is 0 Å². The zero-order chi connectivity index (χ0) is 24.4. The van der Waals surface area contributed by atoms with E-state index in [0.717, 1.165) is 29.8 Å². The monoisotopic (exact) mass is 505 g/mol. The molecule has 4 aliphatic carbocycles. The van der Waals surface area contributed by atoms with Crippen LogP contribution in [-0.4, -0.2) is 22.9 Å². The first-order valence-electron chi connectivity index (χ1n) is 12.9. The van der Waals surface area contributed by atoms with E-state index < -0.39 is 0 Å². The van der Waals surface area contributed by atoms with Gasteiger partial charge >= 0.3 is 0 Å². The minimum absolute atomic E-state index is 0.163. The van der Waals surface area contributed by atoms with Gasteiger partial charge in [-0.25, -0.2) is 4.98 Å². The first-order valence-corrected chi connectivity index (χ1v) is 14.2. The zero-order valence-corrected chi connectivity index (χ0v) is 22.5. The Hall–Kier alpha value is -2.25. The second-order valence-corrected chi connectivity index (χ2v) is 12.8. The van der Waals surface area contributed by atoms with Gasteiger partial charge in [-0.05, 0) is 98.0 Å². The van der Waals surface area contributed by atoms with Crippen molar-refractivity contribution in [3.8, 4) is 0 Å². The molecule has 2 fully saturated rings. The average molecular weight is 506 g/mol. The number of para-hydroxylation sites is 1. The summed E-state index contributed by atoms with van der Waals surface area (Å²) in [5, 5.41) is 6.03. The minimum Gasteiger partial charge on any atom is -0.375 e. The molecule has 4 aliphatic rings. The molecule has 2 aromatic rings. The number of thiazole rings is 1. The number of hydrogen-bond acceptors (Lipinski definition) is 5. The molecule has 0 radical (unpaired) electrons. The van der Waals surface area contributed by atoms with E-state index in [4.69, 9.17) is 22.9 Å². The Morgan fingerprint density at radius 3 is 2.69 bits per heavy atom. The van der Waals surface area contributed by atoms with E-state index in [1.165, 1.54) is 54.1 Å². The number of nitrogens with one attached hydrogen (secondary N) is 1. The molecule has 184 valence electrons. The number of nitrogens with zero attached hydrogens (tertiary/aromatic N) is 3. The van der Waals surface area contributed by atoms with E-state index in [9.17, 15) is 0 Å². The Morgan fingerprint density at radius 1 is 1.14 bits per heavy atom.